The summed E-state index contributed by atoms with van der Waals surface area (Å²) in [7, 11) is 0. The lowest BCUT2D eigenvalue weighted by Gasteiger charge is -2.40. The van der Waals surface area contributed by atoms with Crippen LogP contribution in [0.25, 0.3) is 0 Å². The summed E-state index contributed by atoms with van der Waals surface area (Å²) < 4.78 is 1.58. The Morgan fingerprint density at radius 1 is 1.03 bits per heavy atom. The number of rotatable bonds is 4. The van der Waals surface area contributed by atoms with Gasteiger partial charge in [-0.25, -0.2) is 4.68 Å². The molecule has 0 bridgehead atoms. The third-order valence-corrected chi connectivity index (χ3v) is 6.52. The van der Waals surface area contributed by atoms with Crippen molar-refractivity contribution >= 4 is 17.5 Å². The van der Waals surface area contributed by atoms with Crippen molar-refractivity contribution in [1.82, 2.24) is 14.7 Å². The minimum absolute atomic E-state index is 0.00133. The summed E-state index contributed by atoms with van der Waals surface area (Å²) in [5.41, 5.74) is 2.96. The SMILES string of the molecule is O=C(C1CC(=O)N(c2ccccc2)C1)N1CC(Cn2nc3c(cc2=O)CCCC3)C1. The number of nitrogens with zero attached hydrogens (tertiary/aromatic N) is 4. The van der Waals surface area contributed by atoms with Gasteiger partial charge in [-0.05, 0) is 43.4 Å². The van der Waals surface area contributed by atoms with E-state index >= 15 is 0 Å². The number of aryl methyl sites for hydroxylation is 2. The van der Waals surface area contributed by atoms with Crippen LogP contribution >= 0.6 is 0 Å². The summed E-state index contributed by atoms with van der Waals surface area (Å²) in [6.45, 7) is 2.24. The highest BCUT2D eigenvalue weighted by Crippen LogP contribution is 2.28. The summed E-state index contributed by atoms with van der Waals surface area (Å²) in [5.74, 6) is -0.00316. The van der Waals surface area contributed by atoms with Gasteiger partial charge in [0.15, 0.2) is 0 Å². The lowest BCUT2D eigenvalue weighted by molar-refractivity contribution is -0.142. The maximum absolute atomic E-state index is 12.9. The molecule has 1 aromatic heterocycles. The molecular formula is C23H26N4O3. The van der Waals surface area contributed by atoms with E-state index in [1.807, 2.05) is 35.2 Å². The van der Waals surface area contributed by atoms with Crippen molar-refractivity contribution in [2.45, 2.75) is 38.6 Å². The first-order chi connectivity index (χ1) is 14.6. The molecule has 2 aromatic rings. The van der Waals surface area contributed by atoms with E-state index in [9.17, 15) is 14.4 Å². The second-order valence-corrected chi connectivity index (χ2v) is 8.69. The topological polar surface area (TPSA) is 75.5 Å². The Hall–Kier alpha value is -2.96. The monoisotopic (exact) mass is 406 g/mol. The van der Waals surface area contributed by atoms with Crippen molar-refractivity contribution < 1.29 is 9.59 Å². The van der Waals surface area contributed by atoms with Crippen LogP contribution in [-0.4, -0.2) is 46.1 Å². The lowest BCUT2D eigenvalue weighted by Crippen LogP contribution is -2.54. The van der Waals surface area contributed by atoms with Crippen LogP contribution in [-0.2, 0) is 29.0 Å². The molecular weight excluding hydrogens is 380 g/mol. The van der Waals surface area contributed by atoms with Gasteiger partial charge in [-0.3, -0.25) is 14.4 Å². The summed E-state index contributed by atoms with van der Waals surface area (Å²) in [5, 5.41) is 4.58. The van der Waals surface area contributed by atoms with Crippen molar-refractivity contribution in [3.8, 4) is 0 Å². The van der Waals surface area contributed by atoms with Crippen LogP contribution in [0.1, 0.15) is 30.5 Å². The van der Waals surface area contributed by atoms with E-state index in [4.69, 9.17) is 0 Å². The van der Waals surface area contributed by atoms with E-state index in [1.165, 1.54) is 0 Å². The minimum atomic E-state index is -0.289. The number of fused-ring (bicyclic) bond motifs is 1. The zero-order valence-electron chi connectivity index (χ0n) is 17.0. The largest absolute Gasteiger partial charge is 0.342 e. The van der Waals surface area contributed by atoms with Gasteiger partial charge in [0.25, 0.3) is 5.56 Å². The number of anilines is 1. The normalized spacial score (nSPS) is 21.5. The molecule has 30 heavy (non-hydrogen) atoms. The number of para-hydroxylation sites is 1. The molecule has 5 rings (SSSR count). The van der Waals surface area contributed by atoms with Crippen LogP contribution in [0.2, 0.25) is 0 Å². The molecule has 0 radical (unpaired) electrons. The Balaban J connectivity index is 1.18. The van der Waals surface area contributed by atoms with Gasteiger partial charge in [0.2, 0.25) is 11.8 Å². The van der Waals surface area contributed by atoms with E-state index in [0.717, 1.165) is 42.6 Å². The molecule has 1 aliphatic carbocycles. The summed E-state index contributed by atoms with van der Waals surface area (Å²) in [4.78, 5) is 41.2. The van der Waals surface area contributed by atoms with Gasteiger partial charge in [-0.15, -0.1) is 0 Å². The van der Waals surface area contributed by atoms with Crippen LogP contribution in [0.3, 0.4) is 0 Å². The Morgan fingerprint density at radius 3 is 2.60 bits per heavy atom. The molecule has 2 fully saturated rings. The summed E-state index contributed by atoms with van der Waals surface area (Å²) in [6, 6.07) is 11.2. The van der Waals surface area contributed by atoms with Crippen LogP contribution in [0.4, 0.5) is 5.69 Å². The Bertz CT molecular complexity index is 1030. The predicted molar refractivity (Wildman–Crippen MR) is 112 cm³/mol. The van der Waals surface area contributed by atoms with Gasteiger partial charge in [0.1, 0.15) is 0 Å². The Kier molecular flexibility index (Phi) is 4.89. The summed E-state index contributed by atoms with van der Waals surface area (Å²) in [6.07, 6.45) is 4.41. The van der Waals surface area contributed by atoms with Crippen molar-refractivity contribution in [2.24, 2.45) is 11.8 Å². The van der Waals surface area contributed by atoms with E-state index in [0.29, 0.717) is 26.2 Å². The number of hydrogen-bond acceptors (Lipinski definition) is 4. The van der Waals surface area contributed by atoms with Crippen molar-refractivity contribution in [3.05, 3.63) is 58.0 Å². The number of carbonyl (C=O) groups excluding carboxylic acids is 2. The first-order valence-electron chi connectivity index (χ1n) is 10.8. The Morgan fingerprint density at radius 2 is 1.80 bits per heavy atom. The van der Waals surface area contributed by atoms with Gasteiger partial charge in [-0.1, -0.05) is 18.2 Å². The first-order valence-corrected chi connectivity index (χ1v) is 10.8. The standard InChI is InChI=1S/C23H26N4O3/c28-21-11-18(15-26(21)19-7-2-1-3-8-19)23(30)25-12-16(13-25)14-27-22(29)10-17-6-4-5-9-20(17)24-27/h1-3,7-8,10,16,18H,4-6,9,11-15H2. The molecule has 0 saturated carbocycles. The third kappa shape index (κ3) is 3.53. The van der Waals surface area contributed by atoms with Gasteiger partial charge >= 0.3 is 0 Å². The highest BCUT2D eigenvalue weighted by Gasteiger charge is 2.41. The average molecular weight is 406 g/mol. The average Bonchev–Trinajstić information content (AvgIpc) is 3.12. The van der Waals surface area contributed by atoms with Gasteiger partial charge in [0.05, 0.1) is 18.2 Å². The van der Waals surface area contributed by atoms with Crippen LogP contribution in [0, 0.1) is 11.8 Å². The fourth-order valence-corrected chi connectivity index (χ4v) is 4.83. The molecule has 1 atom stereocenters. The molecule has 1 unspecified atom stereocenters. The zero-order chi connectivity index (χ0) is 20.7. The van der Waals surface area contributed by atoms with Crippen LogP contribution in [0.5, 0.6) is 0 Å². The minimum Gasteiger partial charge on any atom is -0.342 e. The van der Waals surface area contributed by atoms with Crippen LogP contribution < -0.4 is 10.5 Å². The van der Waals surface area contributed by atoms with Gasteiger partial charge < -0.3 is 9.80 Å². The van der Waals surface area contributed by atoms with Crippen LogP contribution in [0.15, 0.2) is 41.2 Å². The summed E-state index contributed by atoms with van der Waals surface area (Å²) >= 11 is 0. The fourth-order valence-electron chi connectivity index (χ4n) is 4.83. The molecule has 2 saturated heterocycles. The van der Waals surface area contributed by atoms with Gasteiger partial charge in [0, 0.05) is 43.7 Å². The zero-order valence-corrected chi connectivity index (χ0v) is 17.0. The van der Waals surface area contributed by atoms with Crippen molar-refractivity contribution in [3.63, 3.8) is 0 Å². The van der Waals surface area contributed by atoms with Gasteiger partial charge in [-0.2, -0.15) is 5.10 Å². The number of carbonyl (C=O) groups is 2. The van der Waals surface area contributed by atoms with E-state index in [2.05, 4.69) is 5.10 Å². The molecule has 7 heteroatoms. The van der Waals surface area contributed by atoms with E-state index < -0.39 is 0 Å². The van der Waals surface area contributed by atoms with Crippen molar-refractivity contribution in [2.75, 3.05) is 24.5 Å². The molecule has 2 aliphatic heterocycles. The second-order valence-electron chi connectivity index (χ2n) is 8.69. The van der Waals surface area contributed by atoms with Crippen molar-refractivity contribution in [1.29, 1.82) is 0 Å². The first kappa shape index (κ1) is 19.0. The fraction of sp³-hybridized carbons (Fsp3) is 0.478. The number of amides is 2. The molecule has 1 aromatic carbocycles. The predicted octanol–water partition coefficient (Wildman–Crippen LogP) is 1.63. The van der Waals surface area contributed by atoms with E-state index in [1.54, 1.807) is 15.6 Å². The highest BCUT2D eigenvalue weighted by molar-refractivity contribution is 6.00. The molecule has 0 spiro atoms. The lowest BCUT2D eigenvalue weighted by atomic mass is 9.96. The number of aromatic nitrogens is 2. The van der Waals surface area contributed by atoms with E-state index in [-0.39, 0.29) is 35.6 Å². The number of likely N-dealkylation sites (tertiary alicyclic amines) is 1. The maximum atomic E-state index is 12.9. The smallest absolute Gasteiger partial charge is 0.267 e. The molecule has 0 N–H and O–H groups in total. The number of hydrogen-bond donors (Lipinski definition) is 0. The number of benzene rings is 1. The highest BCUT2D eigenvalue weighted by atomic mass is 16.2. The molecule has 3 aliphatic rings. The molecule has 2 amide bonds. The third-order valence-electron chi connectivity index (χ3n) is 6.52. The molecule has 3 heterocycles. The molecule has 156 valence electrons. The maximum Gasteiger partial charge on any atom is 0.267 e. The molecule has 7 nitrogen and oxygen atoms in total. The Labute approximate surface area is 175 Å². The quantitative estimate of drug-likeness (QED) is 0.774. The second kappa shape index (κ2) is 7.70.